The molecule has 28 heavy (non-hydrogen) atoms. The molecule has 7 nitrogen and oxygen atoms in total. The number of nitrogens with one attached hydrogen (secondary N) is 1. The number of nitrogen functional groups attached to an aromatic ring is 1. The van der Waals surface area contributed by atoms with E-state index in [0.29, 0.717) is 19.0 Å². The topological polar surface area (TPSA) is 91.0 Å². The Morgan fingerprint density at radius 2 is 2.25 bits per heavy atom. The Hall–Kier alpha value is -2.38. The quantitative estimate of drug-likeness (QED) is 0.672. The third-order valence-electron chi connectivity index (χ3n) is 5.22. The maximum absolute atomic E-state index is 5.99. The van der Waals surface area contributed by atoms with Crippen molar-refractivity contribution in [3.05, 3.63) is 29.7 Å². The third-order valence-corrected chi connectivity index (χ3v) is 5.22. The van der Waals surface area contributed by atoms with Crippen LogP contribution in [0.3, 0.4) is 0 Å². The average Bonchev–Trinajstić information content (AvgIpc) is 3.24. The summed E-state index contributed by atoms with van der Waals surface area (Å²) >= 11 is 0. The van der Waals surface area contributed by atoms with E-state index in [9.17, 15) is 0 Å². The minimum absolute atomic E-state index is 0.0661. The summed E-state index contributed by atoms with van der Waals surface area (Å²) < 4.78 is 13.4. The molecule has 150 valence electrons. The van der Waals surface area contributed by atoms with Gasteiger partial charge in [0.2, 0.25) is 0 Å². The number of hydrogen-bond acceptors (Lipinski definition) is 5. The fourth-order valence-electron chi connectivity index (χ4n) is 3.83. The number of hydrogen-bond donors (Lipinski definition) is 2. The predicted octanol–water partition coefficient (Wildman–Crippen LogP) is 3.98. The predicted molar refractivity (Wildman–Crippen MR) is 110 cm³/mol. The monoisotopic (exact) mass is 383 g/mol. The highest BCUT2D eigenvalue weighted by Gasteiger charge is 2.19. The largest absolute Gasteiger partial charge is 0.384 e. The van der Waals surface area contributed by atoms with Crippen LogP contribution in [0.15, 0.2) is 18.5 Å². The zero-order chi connectivity index (χ0) is 19.7. The fraction of sp³-hybridized carbons (Fsp3) is 0.524. The van der Waals surface area contributed by atoms with E-state index in [4.69, 9.17) is 20.3 Å². The molecule has 3 N–H and O–H groups in total. The number of nitrogens with two attached hydrogens (primary N) is 1. The number of aryl methyl sites for hydroxylation is 1. The van der Waals surface area contributed by atoms with Crippen LogP contribution in [0, 0.1) is 6.92 Å². The molecule has 0 saturated carbocycles. The van der Waals surface area contributed by atoms with Gasteiger partial charge in [0.25, 0.3) is 0 Å². The van der Waals surface area contributed by atoms with Crippen molar-refractivity contribution in [1.82, 2.24) is 19.7 Å². The van der Waals surface area contributed by atoms with Crippen LogP contribution >= 0.6 is 0 Å². The second kappa shape index (κ2) is 7.93. The van der Waals surface area contributed by atoms with E-state index in [1.54, 1.807) is 0 Å². The van der Waals surface area contributed by atoms with E-state index >= 15 is 0 Å². The molecule has 0 aromatic carbocycles. The normalized spacial score (nSPS) is 17.6. The Balaban J connectivity index is 1.56. The molecule has 0 amide bonds. The number of fused-ring (bicyclic) bond motifs is 1. The van der Waals surface area contributed by atoms with Crippen molar-refractivity contribution in [2.45, 2.75) is 58.8 Å². The third kappa shape index (κ3) is 3.77. The van der Waals surface area contributed by atoms with Crippen molar-refractivity contribution >= 4 is 16.7 Å². The van der Waals surface area contributed by atoms with Crippen LogP contribution < -0.4 is 5.73 Å². The van der Waals surface area contributed by atoms with E-state index in [1.165, 1.54) is 6.42 Å². The van der Waals surface area contributed by atoms with Gasteiger partial charge in [-0.1, -0.05) is 13.8 Å². The van der Waals surface area contributed by atoms with Crippen LogP contribution in [-0.2, 0) is 16.0 Å². The molecule has 0 spiro atoms. The Labute approximate surface area is 165 Å². The van der Waals surface area contributed by atoms with Crippen LogP contribution in [0.2, 0.25) is 0 Å². The number of nitrogens with zero attached hydrogens (tertiary/aromatic N) is 3. The summed E-state index contributed by atoms with van der Waals surface area (Å²) in [5.74, 6) is 0.806. The van der Waals surface area contributed by atoms with Crippen LogP contribution in [-0.4, -0.2) is 39.3 Å². The van der Waals surface area contributed by atoms with Crippen molar-refractivity contribution in [3.63, 3.8) is 0 Å². The Morgan fingerprint density at radius 1 is 1.39 bits per heavy atom. The lowest BCUT2D eigenvalue weighted by atomic mass is 10.0. The number of aromatic nitrogens is 4. The summed E-state index contributed by atoms with van der Waals surface area (Å²) in [4.78, 5) is 7.92. The molecule has 7 heteroatoms. The standard InChI is InChI=1S/C21H29N5O2/c1-13(2)20-19-15(11-23-16(19)10-17(22)24-20)21-14(3)12-26(25-21)7-9-28-18-6-4-5-8-27-18/h10-13,18,23H,4-9H2,1-3H3,(H2,22,24). The second-order valence-corrected chi connectivity index (χ2v) is 7.80. The number of rotatable bonds is 6. The lowest BCUT2D eigenvalue weighted by molar-refractivity contribution is -0.163. The van der Waals surface area contributed by atoms with E-state index in [0.717, 1.165) is 52.9 Å². The van der Waals surface area contributed by atoms with E-state index < -0.39 is 0 Å². The lowest BCUT2D eigenvalue weighted by Crippen LogP contribution is -2.24. The van der Waals surface area contributed by atoms with Gasteiger partial charge >= 0.3 is 0 Å². The summed E-state index contributed by atoms with van der Waals surface area (Å²) in [5.41, 5.74) is 11.1. The van der Waals surface area contributed by atoms with Gasteiger partial charge in [-0.05, 0) is 37.7 Å². The minimum Gasteiger partial charge on any atom is -0.384 e. The molecule has 1 saturated heterocycles. The first kappa shape index (κ1) is 19.0. The molecular formula is C21H29N5O2. The highest BCUT2D eigenvalue weighted by Crippen LogP contribution is 2.35. The van der Waals surface area contributed by atoms with Crippen molar-refractivity contribution in [3.8, 4) is 11.3 Å². The molecule has 3 aromatic heterocycles. The fourth-order valence-corrected chi connectivity index (χ4v) is 3.83. The molecule has 1 atom stereocenters. The number of pyridine rings is 1. The average molecular weight is 383 g/mol. The van der Waals surface area contributed by atoms with Crippen LogP contribution in [0.4, 0.5) is 5.82 Å². The lowest BCUT2D eigenvalue weighted by Gasteiger charge is -2.22. The first-order valence-corrected chi connectivity index (χ1v) is 10.1. The molecule has 1 unspecified atom stereocenters. The summed E-state index contributed by atoms with van der Waals surface area (Å²) in [5, 5.41) is 5.93. The molecule has 4 rings (SSSR count). The maximum atomic E-state index is 5.99. The summed E-state index contributed by atoms with van der Waals surface area (Å²) in [6.45, 7) is 8.44. The van der Waals surface area contributed by atoms with Gasteiger partial charge in [0.05, 0.1) is 30.1 Å². The smallest absolute Gasteiger partial charge is 0.157 e. The highest BCUT2D eigenvalue weighted by molar-refractivity contribution is 5.98. The van der Waals surface area contributed by atoms with Gasteiger partial charge in [-0.25, -0.2) is 4.98 Å². The van der Waals surface area contributed by atoms with E-state index in [1.807, 2.05) is 16.9 Å². The first-order chi connectivity index (χ1) is 13.5. The summed E-state index contributed by atoms with van der Waals surface area (Å²) in [6.07, 6.45) is 7.29. The SMILES string of the molecule is Cc1cn(CCOC2CCCCO2)nc1-c1c[nH]c2cc(N)nc(C(C)C)c12. The summed E-state index contributed by atoms with van der Waals surface area (Å²) in [7, 11) is 0. The maximum Gasteiger partial charge on any atom is 0.157 e. The Kier molecular flexibility index (Phi) is 5.37. The van der Waals surface area contributed by atoms with E-state index in [-0.39, 0.29) is 12.2 Å². The van der Waals surface area contributed by atoms with Gasteiger partial charge in [0.15, 0.2) is 6.29 Å². The number of anilines is 1. The van der Waals surface area contributed by atoms with Gasteiger partial charge in [0, 0.05) is 36.0 Å². The van der Waals surface area contributed by atoms with Crippen molar-refractivity contribution in [1.29, 1.82) is 0 Å². The highest BCUT2D eigenvalue weighted by atomic mass is 16.7. The van der Waals surface area contributed by atoms with Gasteiger partial charge < -0.3 is 20.2 Å². The van der Waals surface area contributed by atoms with Gasteiger partial charge in [-0.3, -0.25) is 4.68 Å². The van der Waals surface area contributed by atoms with Crippen molar-refractivity contribution < 1.29 is 9.47 Å². The zero-order valence-corrected chi connectivity index (χ0v) is 16.9. The Morgan fingerprint density at radius 3 is 3.00 bits per heavy atom. The molecule has 4 heterocycles. The molecule has 0 radical (unpaired) electrons. The zero-order valence-electron chi connectivity index (χ0n) is 16.9. The second-order valence-electron chi connectivity index (χ2n) is 7.80. The molecule has 1 fully saturated rings. The molecule has 0 bridgehead atoms. The molecule has 0 aliphatic carbocycles. The van der Waals surface area contributed by atoms with Gasteiger partial charge in [-0.15, -0.1) is 0 Å². The van der Waals surface area contributed by atoms with Crippen LogP contribution in [0.1, 0.15) is 50.3 Å². The molecule has 1 aliphatic rings. The number of H-pyrrole nitrogens is 1. The molecule has 1 aliphatic heterocycles. The van der Waals surface area contributed by atoms with Crippen LogP contribution in [0.25, 0.3) is 22.2 Å². The van der Waals surface area contributed by atoms with Crippen molar-refractivity contribution in [2.75, 3.05) is 18.9 Å². The van der Waals surface area contributed by atoms with Gasteiger partial charge in [0.1, 0.15) is 5.82 Å². The Bertz CT molecular complexity index is 953. The molecule has 3 aromatic rings. The van der Waals surface area contributed by atoms with Crippen LogP contribution in [0.5, 0.6) is 0 Å². The number of aromatic amines is 1. The molecular weight excluding hydrogens is 354 g/mol. The number of ether oxygens (including phenoxy) is 2. The summed E-state index contributed by atoms with van der Waals surface area (Å²) in [6, 6.07) is 1.88. The van der Waals surface area contributed by atoms with E-state index in [2.05, 4.69) is 36.9 Å². The minimum atomic E-state index is -0.0661. The van der Waals surface area contributed by atoms with Crippen molar-refractivity contribution in [2.24, 2.45) is 0 Å². The first-order valence-electron chi connectivity index (χ1n) is 10.1. The van der Waals surface area contributed by atoms with Gasteiger partial charge in [-0.2, -0.15) is 5.10 Å².